The number of dihydropyridines is 1. The number of ether oxygens (including phenoxy) is 3. The van der Waals surface area contributed by atoms with Crippen molar-refractivity contribution in [2.45, 2.75) is 45.4 Å². The van der Waals surface area contributed by atoms with Gasteiger partial charge in [0.2, 0.25) is 0 Å². The van der Waals surface area contributed by atoms with Gasteiger partial charge in [0, 0.05) is 29.0 Å². The number of ketones is 1. The SMILES string of the molecule is CCOC(=O)C1=C(CC)NC2=C(C(=O)CCC2)C1c1cc(OC)ccc1OC. The molecule has 6 nitrogen and oxygen atoms in total. The first-order valence-corrected chi connectivity index (χ1v) is 9.70. The van der Waals surface area contributed by atoms with Gasteiger partial charge < -0.3 is 19.5 Å². The predicted molar refractivity (Wildman–Crippen MR) is 105 cm³/mol. The van der Waals surface area contributed by atoms with Crippen molar-refractivity contribution in [3.63, 3.8) is 0 Å². The molecule has 0 radical (unpaired) electrons. The van der Waals surface area contributed by atoms with Crippen LogP contribution in [0.25, 0.3) is 0 Å². The van der Waals surface area contributed by atoms with Crippen LogP contribution in [0.5, 0.6) is 11.5 Å². The van der Waals surface area contributed by atoms with E-state index in [4.69, 9.17) is 14.2 Å². The molecule has 0 amide bonds. The lowest BCUT2D eigenvalue weighted by Gasteiger charge is -2.35. The maximum Gasteiger partial charge on any atom is 0.336 e. The fourth-order valence-corrected chi connectivity index (χ4v) is 4.00. The number of Topliss-reactive ketones (excluding diaryl/α,β-unsaturated/α-hetero) is 1. The molecule has 0 aromatic heterocycles. The van der Waals surface area contributed by atoms with Crippen molar-refractivity contribution < 1.29 is 23.8 Å². The van der Waals surface area contributed by atoms with E-state index in [0.717, 1.165) is 29.8 Å². The molecule has 0 bridgehead atoms. The first-order chi connectivity index (χ1) is 13.5. The van der Waals surface area contributed by atoms with E-state index in [-0.39, 0.29) is 12.4 Å². The van der Waals surface area contributed by atoms with E-state index in [0.29, 0.717) is 35.5 Å². The number of allylic oxidation sites excluding steroid dienone is 3. The smallest absolute Gasteiger partial charge is 0.336 e. The quantitative estimate of drug-likeness (QED) is 0.754. The van der Waals surface area contributed by atoms with Crippen LogP contribution in [0.2, 0.25) is 0 Å². The van der Waals surface area contributed by atoms with E-state index in [1.54, 1.807) is 33.3 Å². The van der Waals surface area contributed by atoms with Crippen LogP contribution < -0.4 is 14.8 Å². The van der Waals surface area contributed by atoms with Crippen LogP contribution in [0.1, 0.15) is 51.0 Å². The molecule has 0 saturated carbocycles. The van der Waals surface area contributed by atoms with Gasteiger partial charge in [0.05, 0.1) is 32.3 Å². The second-order valence-electron chi connectivity index (χ2n) is 6.80. The third-order valence-corrected chi connectivity index (χ3v) is 5.26. The minimum Gasteiger partial charge on any atom is -0.497 e. The van der Waals surface area contributed by atoms with Crippen molar-refractivity contribution in [2.24, 2.45) is 0 Å². The lowest BCUT2D eigenvalue weighted by molar-refractivity contribution is -0.138. The zero-order chi connectivity index (χ0) is 20.3. The third-order valence-electron chi connectivity index (χ3n) is 5.26. The van der Waals surface area contributed by atoms with Gasteiger partial charge in [0.1, 0.15) is 11.5 Å². The Kier molecular flexibility index (Phi) is 6.07. The monoisotopic (exact) mass is 385 g/mol. The van der Waals surface area contributed by atoms with Crippen molar-refractivity contribution >= 4 is 11.8 Å². The topological polar surface area (TPSA) is 73.9 Å². The molecule has 1 unspecified atom stereocenters. The molecule has 28 heavy (non-hydrogen) atoms. The Bertz CT molecular complexity index is 852. The molecule has 1 aromatic carbocycles. The van der Waals surface area contributed by atoms with Crippen LogP contribution in [0, 0.1) is 0 Å². The largest absolute Gasteiger partial charge is 0.497 e. The molecule has 3 rings (SSSR count). The van der Waals surface area contributed by atoms with Crippen LogP contribution in [0.4, 0.5) is 0 Å². The van der Waals surface area contributed by atoms with Crippen molar-refractivity contribution in [3.8, 4) is 11.5 Å². The molecular formula is C22H27NO5. The summed E-state index contributed by atoms with van der Waals surface area (Å²) in [5, 5.41) is 3.36. The Labute approximate surface area is 165 Å². The highest BCUT2D eigenvalue weighted by atomic mass is 16.5. The number of methoxy groups -OCH3 is 2. The molecule has 1 atom stereocenters. The molecule has 150 valence electrons. The van der Waals surface area contributed by atoms with Gasteiger partial charge in [-0.25, -0.2) is 4.79 Å². The minimum atomic E-state index is -0.539. The number of carbonyl (C=O) groups excluding carboxylic acids is 2. The van der Waals surface area contributed by atoms with Crippen LogP contribution in [-0.2, 0) is 14.3 Å². The fraction of sp³-hybridized carbons (Fsp3) is 0.455. The second-order valence-corrected chi connectivity index (χ2v) is 6.80. The summed E-state index contributed by atoms with van der Waals surface area (Å²) in [5.41, 5.74) is 3.54. The van der Waals surface area contributed by atoms with Gasteiger partial charge in [-0.15, -0.1) is 0 Å². The number of esters is 1. The second kappa shape index (κ2) is 8.50. The normalized spacial score (nSPS) is 19.1. The van der Waals surface area contributed by atoms with Crippen molar-refractivity contribution in [1.82, 2.24) is 5.32 Å². The molecule has 0 fully saturated rings. The van der Waals surface area contributed by atoms with E-state index >= 15 is 0 Å². The number of hydrogen-bond donors (Lipinski definition) is 1. The summed E-state index contributed by atoms with van der Waals surface area (Å²) in [4.78, 5) is 25.9. The summed E-state index contributed by atoms with van der Waals surface area (Å²) in [6.07, 6.45) is 2.69. The van der Waals surface area contributed by atoms with Crippen LogP contribution in [0.15, 0.2) is 40.7 Å². The number of carbonyl (C=O) groups is 2. The van der Waals surface area contributed by atoms with Gasteiger partial charge in [-0.2, -0.15) is 0 Å². The number of benzene rings is 1. The van der Waals surface area contributed by atoms with Gasteiger partial charge in [-0.3, -0.25) is 4.79 Å². The lowest BCUT2D eigenvalue weighted by atomic mass is 9.74. The Morgan fingerprint density at radius 2 is 1.96 bits per heavy atom. The predicted octanol–water partition coefficient (Wildman–Crippen LogP) is 3.62. The zero-order valence-corrected chi connectivity index (χ0v) is 16.9. The summed E-state index contributed by atoms with van der Waals surface area (Å²) < 4.78 is 16.4. The van der Waals surface area contributed by atoms with Gasteiger partial charge >= 0.3 is 5.97 Å². The molecule has 1 aliphatic carbocycles. The Morgan fingerprint density at radius 1 is 1.18 bits per heavy atom. The fourth-order valence-electron chi connectivity index (χ4n) is 4.00. The van der Waals surface area contributed by atoms with Gasteiger partial charge in [0.15, 0.2) is 5.78 Å². The Morgan fingerprint density at radius 3 is 2.61 bits per heavy atom. The van der Waals surface area contributed by atoms with Crippen molar-refractivity contribution in [3.05, 3.63) is 46.3 Å². The molecule has 1 aromatic rings. The van der Waals surface area contributed by atoms with Crippen LogP contribution >= 0.6 is 0 Å². The molecule has 0 saturated heterocycles. The first-order valence-electron chi connectivity index (χ1n) is 9.70. The number of hydrogen-bond acceptors (Lipinski definition) is 6. The van der Waals surface area contributed by atoms with E-state index in [9.17, 15) is 9.59 Å². The molecule has 0 spiro atoms. The van der Waals surface area contributed by atoms with E-state index in [1.807, 2.05) is 13.0 Å². The van der Waals surface area contributed by atoms with Crippen LogP contribution in [0.3, 0.4) is 0 Å². The number of nitrogens with one attached hydrogen (secondary N) is 1. The maximum atomic E-state index is 13.0. The number of rotatable bonds is 6. The average molecular weight is 385 g/mol. The third kappa shape index (κ3) is 3.51. The highest BCUT2D eigenvalue weighted by Gasteiger charge is 2.41. The van der Waals surface area contributed by atoms with Gasteiger partial charge in [-0.1, -0.05) is 6.92 Å². The van der Waals surface area contributed by atoms with Crippen molar-refractivity contribution in [2.75, 3.05) is 20.8 Å². The zero-order valence-electron chi connectivity index (χ0n) is 16.9. The van der Waals surface area contributed by atoms with Crippen LogP contribution in [-0.4, -0.2) is 32.6 Å². The van der Waals surface area contributed by atoms with Gasteiger partial charge in [0.25, 0.3) is 0 Å². The molecule has 1 heterocycles. The Hall–Kier alpha value is -2.76. The first kappa shape index (κ1) is 20.0. The standard InChI is InChI=1S/C22H27NO5/c1-5-15-21(22(25)28-6-2)19(20-16(23-15)8-7-9-17(20)24)14-12-13(26-3)10-11-18(14)27-4/h10-12,19,23H,5-9H2,1-4H3. The van der Waals surface area contributed by atoms with E-state index in [2.05, 4.69) is 5.32 Å². The minimum absolute atomic E-state index is 0.0561. The highest BCUT2D eigenvalue weighted by molar-refractivity contribution is 6.04. The molecule has 2 aliphatic rings. The van der Waals surface area contributed by atoms with Crippen molar-refractivity contribution in [1.29, 1.82) is 0 Å². The highest BCUT2D eigenvalue weighted by Crippen LogP contribution is 2.46. The summed E-state index contributed by atoms with van der Waals surface area (Å²) in [5.74, 6) is 0.353. The summed E-state index contributed by atoms with van der Waals surface area (Å²) >= 11 is 0. The molecule has 1 N–H and O–H groups in total. The summed E-state index contributed by atoms with van der Waals surface area (Å²) in [6.45, 7) is 4.02. The average Bonchev–Trinajstić information content (AvgIpc) is 2.72. The lowest BCUT2D eigenvalue weighted by Crippen LogP contribution is -2.35. The Balaban J connectivity index is 2.27. The summed E-state index contributed by atoms with van der Waals surface area (Å²) in [7, 11) is 3.17. The maximum absolute atomic E-state index is 13.0. The molecule has 1 aliphatic heterocycles. The molecular weight excluding hydrogens is 358 g/mol. The van der Waals surface area contributed by atoms with E-state index < -0.39 is 11.9 Å². The molecule has 6 heteroatoms. The summed E-state index contributed by atoms with van der Waals surface area (Å²) in [6, 6.07) is 5.45. The van der Waals surface area contributed by atoms with E-state index in [1.165, 1.54) is 0 Å². The van der Waals surface area contributed by atoms with Gasteiger partial charge in [-0.05, 0) is 44.4 Å².